The van der Waals surface area contributed by atoms with Gasteiger partial charge in [0.15, 0.2) is 0 Å². The van der Waals surface area contributed by atoms with E-state index >= 15 is 0 Å². The molecule has 0 saturated carbocycles. The van der Waals surface area contributed by atoms with Crippen LogP contribution in [-0.2, 0) is 23.6 Å². The van der Waals surface area contributed by atoms with Gasteiger partial charge < -0.3 is 9.88 Å². The Labute approximate surface area is 138 Å². The minimum atomic E-state index is -3.56. The summed E-state index contributed by atoms with van der Waals surface area (Å²) in [7, 11) is -1.71. The van der Waals surface area contributed by atoms with Crippen molar-refractivity contribution in [2.75, 3.05) is 11.3 Å². The number of hydrogen-bond donors (Lipinski definition) is 2. The summed E-state index contributed by atoms with van der Waals surface area (Å²) in [6, 6.07) is 8.96. The van der Waals surface area contributed by atoms with Gasteiger partial charge in [-0.3, -0.25) is 4.72 Å². The second-order valence-electron chi connectivity index (χ2n) is 4.67. The molecule has 0 radical (unpaired) electrons. The third kappa shape index (κ3) is 4.21. The van der Waals surface area contributed by atoms with Crippen molar-refractivity contribution in [2.45, 2.75) is 18.4 Å². The number of rotatable bonds is 6. The average Bonchev–Trinajstić information content (AvgIpc) is 2.78. The predicted octanol–water partition coefficient (Wildman–Crippen LogP) is 2.54. The third-order valence-corrected chi connectivity index (χ3v) is 5.05. The monoisotopic (exact) mass is 419 g/mol. The molecule has 0 unspecified atom stereocenters. The molecule has 0 amide bonds. The molecule has 5 nitrogen and oxygen atoms in total. The van der Waals surface area contributed by atoms with E-state index in [1.54, 1.807) is 24.4 Å². The van der Waals surface area contributed by atoms with Crippen molar-refractivity contribution in [3.63, 3.8) is 0 Å². The Balaban J connectivity index is 2.23. The van der Waals surface area contributed by atoms with Crippen LogP contribution in [0.3, 0.4) is 0 Å². The normalized spacial score (nSPS) is 11.6. The quantitative estimate of drug-likeness (QED) is 0.708. The molecule has 114 valence electrons. The van der Waals surface area contributed by atoms with E-state index in [2.05, 4.69) is 32.6 Å². The number of sulfonamides is 1. The Hall–Kier alpha value is -1.06. The molecule has 1 aromatic heterocycles. The van der Waals surface area contributed by atoms with Crippen LogP contribution in [0, 0.1) is 3.57 Å². The van der Waals surface area contributed by atoms with Gasteiger partial charge in [-0.15, -0.1) is 0 Å². The van der Waals surface area contributed by atoms with Gasteiger partial charge in [0, 0.05) is 34.7 Å². The predicted molar refractivity (Wildman–Crippen MR) is 92.8 cm³/mol. The Kier molecular flexibility index (Phi) is 5.28. The number of nitrogens with zero attached hydrogens (tertiary/aromatic N) is 1. The zero-order chi connectivity index (χ0) is 15.5. The SMILES string of the molecule is CCNCc1cc(S(=O)(=O)Nc2cccc(I)c2)cn1C. The van der Waals surface area contributed by atoms with Crippen LogP contribution >= 0.6 is 22.6 Å². The first-order valence-corrected chi connectivity index (χ1v) is 9.13. The molecular weight excluding hydrogens is 401 g/mol. The van der Waals surface area contributed by atoms with E-state index in [4.69, 9.17) is 0 Å². The second kappa shape index (κ2) is 6.80. The lowest BCUT2D eigenvalue weighted by atomic mass is 10.3. The highest BCUT2D eigenvalue weighted by atomic mass is 127. The molecule has 21 heavy (non-hydrogen) atoms. The molecule has 0 aliphatic carbocycles. The van der Waals surface area contributed by atoms with Crippen molar-refractivity contribution in [1.29, 1.82) is 0 Å². The van der Waals surface area contributed by atoms with Crippen LogP contribution in [0.2, 0.25) is 0 Å². The van der Waals surface area contributed by atoms with Gasteiger partial charge in [0.2, 0.25) is 0 Å². The Morgan fingerprint density at radius 2 is 2.05 bits per heavy atom. The first-order chi connectivity index (χ1) is 9.92. The van der Waals surface area contributed by atoms with Crippen LogP contribution in [0.5, 0.6) is 0 Å². The summed E-state index contributed by atoms with van der Waals surface area (Å²) in [6.45, 7) is 3.50. The molecule has 0 saturated heterocycles. The molecule has 7 heteroatoms. The fourth-order valence-electron chi connectivity index (χ4n) is 1.92. The highest BCUT2D eigenvalue weighted by molar-refractivity contribution is 14.1. The maximum absolute atomic E-state index is 12.4. The summed E-state index contributed by atoms with van der Waals surface area (Å²) in [5.41, 5.74) is 1.50. The lowest BCUT2D eigenvalue weighted by molar-refractivity contribution is 0.601. The van der Waals surface area contributed by atoms with Crippen molar-refractivity contribution in [1.82, 2.24) is 9.88 Å². The molecule has 0 bridgehead atoms. The summed E-state index contributed by atoms with van der Waals surface area (Å²) in [4.78, 5) is 0.275. The summed E-state index contributed by atoms with van der Waals surface area (Å²) in [5, 5.41) is 3.19. The summed E-state index contributed by atoms with van der Waals surface area (Å²) < 4.78 is 30.2. The van der Waals surface area contributed by atoms with Gasteiger partial charge in [0.25, 0.3) is 10.0 Å². The van der Waals surface area contributed by atoms with Crippen LogP contribution in [0.1, 0.15) is 12.6 Å². The van der Waals surface area contributed by atoms with Crippen molar-refractivity contribution in [2.24, 2.45) is 7.05 Å². The molecule has 0 fully saturated rings. The van der Waals surface area contributed by atoms with Crippen LogP contribution in [-0.4, -0.2) is 19.5 Å². The molecule has 1 aromatic carbocycles. The van der Waals surface area contributed by atoms with Crippen molar-refractivity contribution in [3.8, 4) is 0 Å². The lowest BCUT2D eigenvalue weighted by Gasteiger charge is -2.06. The summed E-state index contributed by atoms with van der Waals surface area (Å²) in [6.07, 6.45) is 1.63. The molecule has 0 spiro atoms. The van der Waals surface area contributed by atoms with Crippen LogP contribution < -0.4 is 10.0 Å². The van der Waals surface area contributed by atoms with Crippen LogP contribution in [0.15, 0.2) is 41.4 Å². The van der Waals surface area contributed by atoms with Gasteiger partial charge in [-0.2, -0.15) is 0 Å². The zero-order valence-electron chi connectivity index (χ0n) is 11.9. The maximum Gasteiger partial charge on any atom is 0.263 e. The van der Waals surface area contributed by atoms with Gasteiger partial charge in [-0.1, -0.05) is 13.0 Å². The van der Waals surface area contributed by atoms with E-state index in [0.717, 1.165) is 15.8 Å². The number of aryl methyl sites for hydroxylation is 1. The molecule has 2 aromatic rings. The highest BCUT2D eigenvalue weighted by Crippen LogP contribution is 2.19. The average molecular weight is 419 g/mol. The topological polar surface area (TPSA) is 63.1 Å². The van der Waals surface area contributed by atoms with E-state index < -0.39 is 10.0 Å². The van der Waals surface area contributed by atoms with Crippen molar-refractivity contribution in [3.05, 3.63) is 45.8 Å². The lowest BCUT2D eigenvalue weighted by Crippen LogP contribution is -2.14. The number of aromatic nitrogens is 1. The molecule has 2 N–H and O–H groups in total. The Morgan fingerprint density at radius 3 is 2.71 bits per heavy atom. The third-order valence-electron chi connectivity index (χ3n) is 3.03. The number of halogens is 1. The standard InChI is InChI=1S/C14H18IN3O2S/c1-3-16-9-13-8-14(10-18(13)2)21(19,20)17-12-6-4-5-11(15)7-12/h4-8,10,16-17H,3,9H2,1-2H3. The maximum atomic E-state index is 12.4. The van der Waals surface area contributed by atoms with Crippen LogP contribution in [0.25, 0.3) is 0 Å². The van der Waals surface area contributed by atoms with E-state index in [1.807, 2.05) is 30.7 Å². The molecule has 0 aliphatic heterocycles. The molecule has 1 heterocycles. The number of nitrogens with one attached hydrogen (secondary N) is 2. The van der Waals surface area contributed by atoms with Crippen LogP contribution in [0.4, 0.5) is 5.69 Å². The fraction of sp³-hybridized carbons (Fsp3) is 0.286. The fourth-order valence-corrected chi connectivity index (χ4v) is 3.61. The van der Waals surface area contributed by atoms with Gasteiger partial charge in [0.05, 0.1) is 0 Å². The van der Waals surface area contributed by atoms with Crippen molar-refractivity contribution >= 4 is 38.3 Å². The zero-order valence-corrected chi connectivity index (χ0v) is 14.9. The minimum absolute atomic E-state index is 0.275. The van der Waals surface area contributed by atoms with Gasteiger partial charge in [-0.05, 0) is 53.4 Å². The second-order valence-corrected chi connectivity index (χ2v) is 7.60. The first kappa shape index (κ1) is 16.3. The summed E-state index contributed by atoms with van der Waals surface area (Å²) >= 11 is 2.15. The molecule has 0 aliphatic rings. The largest absolute Gasteiger partial charge is 0.352 e. The first-order valence-electron chi connectivity index (χ1n) is 6.56. The van der Waals surface area contributed by atoms with E-state index in [-0.39, 0.29) is 4.90 Å². The van der Waals surface area contributed by atoms with Crippen molar-refractivity contribution < 1.29 is 8.42 Å². The van der Waals surface area contributed by atoms with E-state index in [9.17, 15) is 8.42 Å². The highest BCUT2D eigenvalue weighted by Gasteiger charge is 2.17. The smallest absolute Gasteiger partial charge is 0.263 e. The minimum Gasteiger partial charge on any atom is -0.352 e. The van der Waals surface area contributed by atoms with Gasteiger partial charge >= 0.3 is 0 Å². The number of hydrogen-bond acceptors (Lipinski definition) is 3. The van der Waals surface area contributed by atoms with E-state index in [0.29, 0.717) is 12.2 Å². The van der Waals surface area contributed by atoms with E-state index in [1.165, 1.54) is 0 Å². The number of anilines is 1. The Bertz CT molecular complexity index is 726. The Morgan fingerprint density at radius 1 is 1.29 bits per heavy atom. The molecular formula is C14H18IN3O2S. The number of benzene rings is 1. The molecule has 2 rings (SSSR count). The molecule has 0 atom stereocenters. The van der Waals surface area contributed by atoms with Gasteiger partial charge in [0.1, 0.15) is 4.90 Å². The summed E-state index contributed by atoms with van der Waals surface area (Å²) in [5.74, 6) is 0. The van der Waals surface area contributed by atoms with Gasteiger partial charge in [-0.25, -0.2) is 8.42 Å².